The molecule has 0 unspecified atom stereocenters. The van der Waals surface area contributed by atoms with Gasteiger partial charge in [-0.05, 0) is 36.5 Å². The molecule has 0 heterocycles. The summed E-state index contributed by atoms with van der Waals surface area (Å²) >= 11 is 0. The van der Waals surface area contributed by atoms with Gasteiger partial charge in [0.15, 0.2) is 0 Å². The van der Waals surface area contributed by atoms with Crippen LogP contribution in [0.15, 0.2) is 0 Å². The predicted octanol–water partition coefficient (Wildman–Crippen LogP) is 4.53. The van der Waals surface area contributed by atoms with Gasteiger partial charge >= 0.3 is 11.9 Å². The Morgan fingerprint density at radius 2 is 0.825 bits per heavy atom. The second kappa shape index (κ2) is 14.7. The highest BCUT2D eigenvalue weighted by atomic mass is 16.4. The Balaban J connectivity index is 4.95. The Morgan fingerprint density at radius 3 is 1.05 bits per heavy atom. The lowest BCUT2D eigenvalue weighted by Gasteiger charge is -2.31. The Labute approximate surface area is 239 Å². The molecule has 0 saturated heterocycles. The van der Waals surface area contributed by atoms with Crippen molar-refractivity contribution in [1.29, 1.82) is 0 Å². The zero-order valence-corrected chi connectivity index (χ0v) is 26.2. The lowest BCUT2D eigenvalue weighted by molar-refractivity contribution is -0.143. The van der Waals surface area contributed by atoms with Crippen molar-refractivity contribution >= 4 is 35.3 Å². The Hall–Kier alpha value is -2.78. The van der Waals surface area contributed by atoms with E-state index in [4.69, 9.17) is 0 Å². The fourth-order valence-electron chi connectivity index (χ4n) is 4.03. The summed E-state index contributed by atoms with van der Waals surface area (Å²) < 4.78 is 0. The van der Waals surface area contributed by atoms with E-state index < -0.39 is 57.5 Å². The van der Waals surface area contributed by atoms with Gasteiger partial charge in [-0.15, -0.1) is 0 Å². The number of hydrogen-bond acceptors (Lipinski definition) is 6. The number of amides is 2. The molecule has 0 aromatic rings. The van der Waals surface area contributed by atoms with Gasteiger partial charge in [-0.1, -0.05) is 69.2 Å². The fraction of sp³-hybridized carbons (Fsp3) is 0.800. The van der Waals surface area contributed by atoms with Gasteiger partial charge in [-0.3, -0.25) is 19.2 Å². The van der Waals surface area contributed by atoms with Crippen LogP contribution in [-0.4, -0.2) is 57.6 Å². The minimum Gasteiger partial charge on any atom is -0.480 e. The van der Waals surface area contributed by atoms with Crippen LogP contribution in [0.3, 0.4) is 0 Å². The Morgan fingerprint density at radius 1 is 0.550 bits per heavy atom. The summed E-state index contributed by atoms with van der Waals surface area (Å²) in [6.45, 7) is 18.1. The molecule has 0 rings (SSSR count). The van der Waals surface area contributed by atoms with Crippen LogP contribution in [0.25, 0.3) is 0 Å². The van der Waals surface area contributed by atoms with Crippen molar-refractivity contribution < 1.29 is 39.0 Å². The first kappa shape index (κ1) is 37.2. The largest absolute Gasteiger partial charge is 0.480 e. The van der Waals surface area contributed by atoms with Crippen molar-refractivity contribution in [1.82, 2.24) is 10.6 Å². The SMILES string of the molecule is CC(C)(CCC(C)(C)CC(=O)N[C@H](CCC(=O)C(C)(C)C)C(=O)O)CC(=O)N[C@@H](CCC(=O)C(C)(C)C)C(=O)O. The third-order valence-corrected chi connectivity index (χ3v) is 7.02. The summed E-state index contributed by atoms with van der Waals surface area (Å²) in [5.74, 6) is -3.39. The zero-order valence-electron chi connectivity index (χ0n) is 26.2. The third kappa shape index (κ3) is 15.1. The quantitative estimate of drug-likeness (QED) is 0.198. The first-order valence-corrected chi connectivity index (χ1v) is 14.0. The van der Waals surface area contributed by atoms with Gasteiger partial charge in [0.05, 0.1) is 0 Å². The topological polar surface area (TPSA) is 167 Å². The van der Waals surface area contributed by atoms with Gasteiger partial charge in [-0.2, -0.15) is 0 Å². The maximum atomic E-state index is 12.7. The van der Waals surface area contributed by atoms with Crippen molar-refractivity contribution in [2.24, 2.45) is 21.7 Å². The molecule has 0 fully saturated rings. The monoisotopic (exact) mass is 568 g/mol. The molecule has 0 aromatic heterocycles. The molecule has 0 bridgehead atoms. The molecular formula is C30H52N2O8. The zero-order chi connectivity index (χ0) is 31.7. The first-order chi connectivity index (χ1) is 17.9. The van der Waals surface area contributed by atoms with Gasteiger partial charge < -0.3 is 20.8 Å². The Kier molecular flexibility index (Phi) is 13.7. The van der Waals surface area contributed by atoms with E-state index in [0.717, 1.165) is 0 Å². The van der Waals surface area contributed by atoms with Crippen LogP contribution in [0.4, 0.5) is 0 Å². The molecule has 10 nitrogen and oxygen atoms in total. The van der Waals surface area contributed by atoms with Gasteiger partial charge in [0.2, 0.25) is 11.8 Å². The third-order valence-electron chi connectivity index (χ3n) is 7.02. The van der Waals surface area contributed by atoms with E-state index in [1.165, 1.54) is 0 Å². The summed E-state index contributed by atoms with van der Waals surface area (Å²) in [4.78, 5) is 73.0. The van der Waals surface area contributed by atoms with Gasteiger partial charge in [0.1, 0.15) is 23.7 Å². The van der Waals surface area contributed by atoms with Crippen molar-refractivity contribution in [2.75, 3.05) is 0 Å². The van der Waals surface area contributed by atoms with Gasteiger partial charge in [-0.25, -0.2) is 9.59 Å². The predicted molar refractivity (Wildman–Crippen MR) is 153 cm³/mol. The molecular weight excluding hydrogens is 516 g/mol. The van der Waals surface area contributed by atoms with E-state index in [0.29, 0.717) is 12.8 Å². The minimum atomic E-state index is -1.19. The highest BCUT2D eigenvalue weighted by Gasteiger charge is 2.32. The number of ketones is 2. The molecule has 2 amide bonds. The molecule has 0 aromatic carbocycles. The van der Waals surface area contributed by atoms with E-state index in [2.05, 4.69) is 10.6 Å². The maximum Gasteiger partial charge on any atom is 0.326 e. The highest BCUT2D eigenvalue weighted by molar-refractivity contribution is 5.87. The van der Waals surface area contributed by atoms with Crippen LogP contribution < -0.4 is 10.6 Å². The molecule has 2 atom stereocenters. The lowest BCUT2D eigenvalue weighted by Crippen LogP contribution is -2.43. The second-order valence-electron chi connectivity index (χ2n) is 14.5. The normalized spacial score (nSPS) is 14.2. The maximum absolute atomic E-state index is 12.7. The van der Waals surface area contributed by atoms with Crippen LogP contribution in [0.2, 0.25) is 0 Å². The second-order valence-corrected chi connectivity index (χ2v) is 14.5. The first-order valence-electron chi connectivity index (χ1n) is 14.0. The molecule has 0 radical (unpaired) electrons. The molecule has 0 aliphatic rings. The summed E-state index contributed by atoms with van der Waals surface area (Å²) in [6.07, 6.45) is 1.38. The number of Topliss-reactive ketones (excluding diaryl/α,β-unsaturated/α-hetero) is 2. The number of carboxylic acid groups (broad SMARTS) is 2. The molecule has 0 saturated carbocycles. The molecule has 40 heavy (non-hydrogen) atoms. The average molecular weight is 569 g/mol. The van der Waals surface area contributed by atoms with Crippen molar-refractivity contribution in [2.45, 2.75) is 133 Å². The number of carbonyl (C=O) groups is 6. The fourth-order valence-corrected chi connectivity index (χ4v) is 4.03. The van der Waals surface area contributed by atoms with Crippen LogP contribution in [-0.2, 0) is 28.8 Å². The minimum absolute atomic E-state index is 0.0153. The van der Waals surface area contributed by atoms with Crippen LogP contribution >= 0.6 is 0 Å². The molecule has 0 aliphatic heterocycles. The van der Waals surface area contributed by atoms with Crippen molar-refractivity contribution in [3.8, 4) is 0 Å². The van der Waals surface area contributed by atoms with Gasteiger partial charge in [0, 0.05) is 36.5 Å². The van der Waals surface area contributed by atoms with E-state index >= 15 is 0 Å². The van der Waals surface area contributed by atoms with E-state index in [1.807, 2.05) is 27.7 Å². The summed E-state index contributed by atoms with van der Waals surface area (Å²) in [6, 6.07) is -2.31. The lowest BCUT2D eigenvalue weighted by atomic mass is 9.75. The van der Waals surface area contributed by atoms with Crippen LogP contribution in [0.5, 0.6) is 0 Å². The van der Waals surface area contributed by atoms with Crippen LogP contribution in [0, 0.1) is 21.7 Å². The number of carboxylic acids is 2. The van der Waals surface area contributed by atoms with E-state index in [-0.39, 0.29) is 50.1 Å². The molecule has 10 heteroatoms. The number of carbonyl (C=O) groups excluding carboxylic acids is 4. The van der Waals surface area contributed by atoms with Gasteiger partial charge in [0.25, 0.3) is 0 Å². The molecule has 0 spiro atoms. The van der Waals surface area contributed by atoms with Crippen LogP contribution in [0.1, 0.15) is 121 Å². The molecule has 4 N–H and O–H groups in total. The number of hydrogen-bond donors (Lipinski definition) is 4. The molecule has 0 aliphatic carbocycles. The Bertz CT molecular complexity index is 862. The standard InChI is InChI=1S/C30H52N2O8/c1-27(2,3)21(33)13-11-19(25(37)38)31-23(35)17-29(7,8)15-16-30(9,10)18-24(36)32-20(26(39)40)12-14-22(34)28(4,5)6/h19-20H,11-18H2,1-10H3,(H,31,35)(H,32,36)(H,37,38)(H,39,40)/t19-,20+. The summed E-state index contributed by atoms with van der Waals surface area (Å²) in [7, 11) is 0. The number of nitrogens with one attached hydrogen (secondary N) is 2. The van der Waals surface area contributed by atoms with E-state index in [9.17, 15) is 39.0 Å². The van der Waals surface area contributed by atoms with Crippen molar-refractivity contribution in [3.63, 3.8) is 0 Å². The smallest absolute Gasteiger partial charge is 0.326 e. The summed E-state index contributed by atoms with van der Waals surface area (Å²) in [5, 5.41) is 24.1. The van der Waals surface area contributed by atoms with Crippen molar-refractivity contribution in [3.05, 3.63) is 0 Å². The molecule has 230 valence electrons. The number of aliphatic carboxylic acids is 2. The summed E-state index contributed by atoms with van der Waals surface area (Å²) in [5.41, 5.74) is -2.17. The highest BCUT2D eigenvalue weighted by Crippen LogP contribution is 2.35. The number of rotatable bonds is 17. The van der Waals surface area contributed by atoms with E-state index in [1.54, 1.807) is 41.5 Å². The average Bonchev–Trinajstić information content (AvgIpc) is 2.75.